The Hall–Kier alpha value is -1.26. The van der Waals surface area contributed by atoms with Crippen LogP contribution in [0.5, 0.6) is 0 Å². The summed E-state index contributed by atoms with van der Waals surface area (Å²) < 4.78 is 1.74. The highest BCUT2D eigenvalue weighted by atomic mass is 35.5. The van der Waals surface area contributed by atoms with Gasteiger partial charge in [-0.05, 0) is 12.1 Å². The standard InChI is InChI=1S/C9H7ClN2O2.ClH/c10-6-1-2-12-5-7(4-9(13)14)11-8(12)3-6;/h1-3,5H,4H2,(H,13,14);1H. The van der Waals surface area contributed by atoms with Gasteiger partial charge in [0.15, 0.2) is 0 Å². The number of carbonyl (C=O) groups is 1. The first-order valence-electron chi connectivity index (χ1n) is 4.00. The van der Waals surface area contributed by atoms with Crippen molar-refractivity contribution in [1.82, 2.24) is 9.38 Å². The molecule has 2 rings (SSSR count). The van der Waals surface area contributed by atoms with Crippen LogP contribution in [-0.2, 0) is 11.2 Å². The van der Waals surface area contributed by atoms with E-state index in [1.807, 2.05) is 0 Å². The van der Waals surface area contributed by atoms with Gasteiger partial charge in [-0.2, -0.15) is 0 Å². The van der Waals surface area contributed by atoms with Gasteiger partial charge in [-0.1, -0.05) is 11.6 Å². The Balaban J connectivity index is 0.00000112. The van der Waals surface area contributed by atoms with Crippen molar-refractivity contribution in [2.75, 3.05) is 0 Å². The van der Waals surface area contributed by atoms with Crippen LogP contribution < -0.4 is 0 Å². The highest BCUT2D eigenvalue weighted by molar-refractivity contribution is 6.30. The lowest BCUT2D eigenvalue weighted by molar-refractivity contribution is -0.136. The molecule has 0 saturated carbocycles. The third kappa shape index (κ3) is 2.61. The van der Waals surface area contributed by atoms with E-state index >= 15 is 0 Å². The van der Waals surface area contributed by atoms with Gasteiger partial charge in [0.2, 0.25) is 0 Å². The molecule has 6 heteroatoms. The number of hydrogen-bond acceptors (Lipinski definition) is 2. The van der Waals surface area contributed by atoms with Gasteiger partial charge in [-0.25, -0.2) is 4.98 Å². The number of imidazole rings is 1. The normalized spacial score (nSPS) is 9.93. The molecule has 0 spiro atoms. The SMILES string of the molecule is Cl.O=C(O)Cc1cn2ccc(Cl)cc2n1. The summed E-state index contributed by atoms with van der Waals surface area (Å²) in [5.41, 5.74) is 1.19. The Kier molecular flexibility index (Phi) is 3.55. The second-order valence-corrected chi connectivity index (χ2v) is 3.35. The molecule has 0 saturated heterocycles. The van der Waals surface area contributed by atoms with E-state index in [4.69, 9.17) is 16.7 Å². The molecule has 0 fully saturated rings. The average Bonchev–Trinajstić information content (AvgIpc) is 2.44. The summed E-state index contributed by atoms with van der Waals surface area (Å²) in [4.78, 5) is 14.5. The Morgan fingerprint density at radius 3 is 3.00 bits per heavy atom. The Morgan fingerprint density at radius 1 is 1.60 bits per heavy atom. The van der Waals surface area contributed by atoms with Crippen molar-refractivity contribution < 1.29 is 9.90 Å². The molecule has 2 aromatic rings. The fourth-order valence-corrected chi connectivity index (χ4v) is 1.40. The fraction of sp³-hybridized carbons (Fsp3) is 0.111. The first-order chi connectivity index (χ1) is 6.65. The third-order valence-electron chi connectivity index (χ3n) is 1.80. The van der Waals surface area contributed by atoms with Crippen LogP contribution in [-0.4, -0.2) is 20.5 Å². The number of halogens is 2. The second kappa shape index (κ2) is 4.51. The third-order valence-corrected chi connectivity index (χ3v) is 2.04. The molecule has 4 nitrogen and oxygen atoms in total. The number of carboxylic acid groups (broad SMARTS) is 1. The van der Waals surface area contributed by atoms with Crippen molar-refractivity contribution >= 4 is 35.6 Å². The number of rotatable bonds is 2. The summed E-state index contributed by atoms with van der Waals surface area (Å²) in [5, 5.41) is 9.16. The molecule has 0 radical (unpaired) electrons. The van der Waals surface area contributed by atoms with E-state index in [-0.39, 0.29) is 18.8 Å². The van der Waals surface area contributed by atoms with E-state index in [2.05, 4.69) is 4.98 Å². The van der Waals surface area contributed by atoms with Crippen LogP contribution in [0.1, 0.15) is 5.69 Å². The fourth-order valence-electron chi connectivity index (χ4n) is 1.25. The molecule has 0 aliphatic rings. The summed E-state index contributed by atoms with van der Waals surface area (Å²) in [7, 11) is 0. The van der Waals surface area contributed by atoms with Crippen LogP contribution in [0.2, 0.25) is 5.02 Å². The van der Waals surface area contributed by atoms with Crippen LogP contribution in [0.25, 0.3) is 5.65 Å². The minimum atomic E-state index is -0.889. The second-order valence-electron chi connectivity index (χ2n) is 2.91. The lowest BCUT2D eigenvalue weighted by Gasteiger charge is -1.90. The molecule has 0 aliphatic carbocycles. The quantitative estimate of drug-likeness (QED) is 0.883. The van der Waals surface area contributed by atoms with Crippen LogP contribution >= 0.6 is 24.0 Å². The summed E-state index contributed by atoms with van der Waals surface area (Å²) in [5.74, 6) is -0.889. The summed E-state index contributed by atoms with van der Waals surface area (Å²) in [6.45, 7) is 0. The molecule has 0 bridgehead atoms. The van der Waals surface area contributed by atoms with Crippen LogP contribution in [0, 0.1) is 0 Å². The highest BCUT2D eigenvalue weighted by Crippen LogP contribution is 2.12. The zero-order valence-electron chi connectivity index (χ0n) is 7.55. The molecule has 0 atom stereocenters. The predicted octanol–water partition coefficient (Wildman–Crippen LogP) is 2.04. The van der Waals surface area contributed by atoms with Crippen molar-refractivity contribution in [2.45, 2.75) is 6.42 Å². The predicted molar refractivity (Wildman–Crippen MR) is 58.8 cm³/mol. The van der Waals surface area contributed by atoms with Gasteiger partial charge in [0.1, 0.15) is 5.65 Å². The maximum atomic E-state index is 10.4. The van der Waals surface area contributed by atoms with Crippen LogP contribution in [0.15, 0.2) is 24.5 Å². The molecule has 0 amide bonds. The number of aromatic nitrogens is 2. The van der Waals surface area contributed by atoms with E-state index in [1.54, 1.807) is 28.9 Å². The lowest BCUT2D eigenvalue weighted by atomic mass is 10.3. The number of aliphatic carboxylic acids is 1. The van der Waals surface area contributed by atoms with E-state index < -0.39 is 5.97 Å². The minimum Gasteiger partial charge on any atom is -0.481 e. The molecule has 2 heterocycles. The number of pyridine rings is 1. The maximum Gasteiger partial charge on any atom is 0.309 e. The number of hydrogen-bond donors (Lipinski definition) is 1. The van der Waals surface area contributed by atoms with Gasteiger partial charge < -0.3 is 9.51 Å². The van der Waals surface area contributed by atoms with Crippen LogP contribution in [0.3, 0.4) is 0 Å². The molecule has 15 heavy (non-hydrogen) atoms. The smallest absolute Gasteiger partial charge is 0.309 e. The lowest BCUT2D eigenvalue weighted by Crippen LogP contribution is -1.99. The van der Waals surface area contributed by atoms with Gasteiger partial charge in [0.25, 0.3) is 0 Å². The molecular weight excluding hydrogens is 239 g/mol. The van der Waals surface area contributed by atoms with Gasteiger partial charge in [-0.15, -0.1) is 12.4 Å². The largest absolute Gasteiger partial charge is 0.481 e. The van der Waals surface area contributed by atoms with Gasteiger partial charge >= 0.3 is 5.97 Å². The average molecular weight is 247 g/mol. The Morgan fingerprint density at radius 2 is 2.33 bits per heavy atom. The maximum absolute atomic E-state index is 10.4. The zero-order chi connectivity index (χ0) is 10.1. The Bertz CT molecular complexity index is 496. The summed E-state index contributed by atoms with van der Waals surface area (Å²) in [6, 6.07) is 3.41. The molecule has 2 aromatic heterocycles. The molecular formula is C9H8Cl2N2O2. The first kappa shape index (κ1) is 11.8. The van der Waals surface area contributed by atoms with Crippen LogP contribution in [0.4, 0.5) is 0 Å². The van der Waals surface area contributed by atoms with Gasteiger partial charge in [0.05, 0.1) is 12.1 Å². The number of fused-ring (bicyclic) bond motifs is 1. The van der Waals surface area contributed by atoms with Crippen molar-refractivity contribution in [3.8, 4) is 0 Å². The van der Waals surface area contributed by atoms with Crippen molar-refractivity contribution in [3.05, 3.63) is 35.2 Å². The molecule has 0 unspecified atom stereocenters. The van der Waals surface area contributed by atoms with E-state index in [9.17, 15) is 4.79 Å². The van der Waals surface area contributed by atoms with Gasteiger partial charge in [-0.3, -0.25) is 4.79 Å². The first-order valence-corrected chi connectivity index (χ1v) is 4.38. The van der Waals surface area contributed by atoms with Crippen molar-refractivity contribution in [1.29, 1.82) is 0 Å². The highest BCUT2D eigenvalue weighted by Gasteiger charge is 2.05. The van der Waals surface area contributed by atoms with Crippen molar-refractivity contribution in [2.24, 2.45) is 0 Å². The Labute approximate surface area is 96.9 Å². The number of nitrogens with zero attached hydrogens (tertiary/aromatic N) is 2. The molecule has 1 N–H and O–H groups in total. The van der Waals surface area contributed by atoms with E-state index in [1.165, 1.54) is 0 Å². The van der Waals surface area contributed by atoms with E-state index in [0.29, 0.717) is 16.4 Å². The summed E-state index contributed by atoms with van der Waals surface area (Å²) >= 11 is 5.76. The number of carboxylic acids is 1. The zero-order valence-corrected chi connectivity index (χ0v) is 9.13. The molecule has 0 aromatic carbocycles. The molecule has 0 aliphatic heterocycles. The topological polar surface area (TPSA) is 54.6 Å². The van der Waals surface area contributed by atoms with Gasteiger partial charge in [0, 0.05) is 17.4 Å². The monoisotopic (exact) mass is 246 g/mol. The summed E-state index contributed by atoms with van der Waals surface area (Å²) in [6.07, 6.45) is 3.36. The molecule has 80 valence electrons. The minimum absolute atomic E-state index is 0. The van der Waals surface area contributed by atoms with E-state index in [0.717, 1.165) is 0 Å². The van der Waals surface area contributed by atoms with Crippen molar-refractivity contribution in [3.63, 3.8) is 0 Å².